The van der Waals surface area contributed by atoms with Gasteiger partial charge in [0.1, 0.15) is 0 Å². The van der Waals surface area contributed by atoms with Crippen molar-refractivity contribution >= 4 is 10.9 Å². The molecule has 19 heavy (non-hydrogen) atoms. The van der Waals surface area contributed by atoms with Crippen LogP contribution < -0.4 is 11.3 Å². The number of rotatable bonds is 3. The maximum absolute atomic E-state index is 5.84. The smallest absolute Gasteiger partial charge is 0.0750 e. The van der Waals surface area contributed by atoms with Crippen LogP contribution in [0.25, 0.3) is 10.9 Å². The van der Waals surface area contributed by atoms with Gasteiger partial charge in [-0.25, -0.2) is 0 Å². The molecule has 0 spiro atoms. The lowest BCUT2D eigenvalue weighted by Gasteiger charge is -2.24. The molecule has 3 unspecified atom stereocenters. The van der Waals surface area contributed by atoms with E-state index in [-0.39, 0.29) is 6.04 Å². The average Bonchev–Trinajstić information content (AvgIpc) is 2.86. The van der Waals surface area contributed by atoms with Crippen molar-refractivity contribution in [3.8, 4) is 0 Å². The summed E-state index contributed by atoms with van der Waals surface area (Å²) in [6, 6.07) is 10.7. The molecule has 1 heterocycles. The van der Waals surface area contributed by atoms with Crippen molar-refractivity contribution in [2.24, 2.45) is 17.7 Å². The molecule has 1 aromatic heterocycles. The second-order valence-electron chi connectivity index (χ2n) is 5.75. The summed E-state index contributed by atoms with van der Waals surface area (Å²) in [6.45, 7) is 2.33. The molecule has 3 atom stereocenters. The monoisotopic (exact) mass is 255 g/mol. The van der Waals surface area contributed by atoms with Gasteiger partial charge in [-0.1, -0.05) is 37.6 Å². The van der Waals surface area contributed by atoms with Crippen LogP contribution in [-0.2, 0) is 0 Å². The molecule has 1 aromatic carbocycles. The molecule has 0 aliphatic heterocycles. The van der Waals surface area contributed by atoms with E-state index >= 15 is 0 Å². The molecule has 3 rings (SSSR count). The molecule has 1 aliphatic rings. The van der Waals surface area contributed by atoms with Gasteiger partial charge in [0.05, 0.1) is 11.6 Å². The van der Waals surface area contributed by atoms with Gasteiger partial charge in [0.15, 0.2) is 0 Å². The maximum atomic E-state index is 5.84. The number of benzene rings is 1. The quantitative estimate of drug-likeness (QED) is 0.654. The zero-order valence-electron chi connectivity index (χ0n) is 11.3. The number of hydrogen-bond acceptors (Lipinski definition) is 3. The Morgan fingerprint density at radius 2 is 2.11 bits per heavy atom. The molecule has 0 radical (unpaired) electrons. The first-order chi connectivity index (χ1) is 9.29. The van der Waals surface area contributed by atoms with Crippen LogP contribution in [0.1, 0.15) is 37.8 Å². The molecule has 1 saturated carbocycles. The molecule has 3 nitrogen and oxygen atoms in total. The number of aromatic nitrogens is 1. The fraction of sp³-hybridized carbons (Fsp3) is 0.438. The lowest BCUT2D eigenvalue weighted by atomic mass is 9.90. The van der Waals surface area contributed by atoms with E-state index < -0.39 is 0 Å². The predicted molar refractivity (Wildman–Crippen MR) is 78.3 cm³/mol. The van der Waals surface area contributed by atoms with Gasteiger partial charge < -0.3 is 0 Å². The Labute approximate surface area is 114 Å². The minimum Gasteiger partial charge on any atom is -0.271 e. The molecular weight excluding hydrogens is 234 g/mol. The molecular formula is C16H21N3. The van der Waals surface area contributed by atoms with Crippen LogP contribution in [-0.4, -0.2) is 4.98 Å². The number of hydrogen-bond donors (Lipinski definition) is 2. The van der Waals surface area contributed by atoms with E-state index in [1.807, 2.05) is 12.3 Å². The Balaban J connectivity index is 2.01. The summed E-state index contributed by atoms with van der Waals surface area (Å²) in [4.78, 5) is 4.54. The van der Waals surface area contributed by atoms with Gasteiger partial charge in [-0.05, 0) is 36.3 Å². The number of para-hydroxylation sites is 1. The first-order valence-electron chi connectivity index (χ1n) is 7.09. The second kappa shape index (κ2) is 5.27. The molecule has 3 N–H and O–H groups in total. The minimum atomic E-state index is 0.212. The Kier molecular flexibility index (Phi) is 3.49. The summed E-state index contributed by atoms with van der Waals surface area (Å²) in [5, 5.41) is 1.19. The standard InChI is InChI=1S/C16H21N3/c1-11-7-8-13(10-11)16(19-17)14-6-2-4-12-5-3-9-18-15(12)14/h2-6,9,11,13,16,19H,7-8,10,17H2,1H3. The number of nitrogens with zero attached hydrogens (tertiary/aromatic N) is 1. The Bertz CT molecular complexity index is 561. The summed E-state index contributed by atoms with van der Waals surface area (Å²) in [5.41, 5.74) is 5.35. The van der Waals surface area contributed by atoms with E-state index in [9.17, 15) is 0 Å². The second-order valence-corrected chi connectivity index (χ2v) is 5.75. The third-order valence-corrected chi connectivity index (χ3v) is 4.39. The Morgan fingerprint density at radius 1 is 1.26 bits per heavy atom. The van der Waals surface area contributed by atoms with E-state index in [0.29, 0.717) is 5.92 Å². The highest BCUT2D eigenvalue weighted by atomic mass is 15.2. The van der Waals surface area contributed by atoms with Crippen LogP contribution >= 0.6 is 0 Å². The summed E-state index contributed by atoms with van der Waals surface area (Å²) in [7, 11) is 0. The van der Waals surface area contributed by atoms with Gasteiger partial charge in [0, 0.05) is 11.6 Å². The summed E-state index contributed by atoms with van der Waals surface area (Å²) >= 11 is 0. The van der Waals surface area contributed by atoms with Gasteiger partial charge in [-0.3, -0.25) is 16.3 Å². The molecule has 0 amide bonds. The van der Waals surface area contributed by atoms with Gasteiger partial charge >= 0.3 is 0 Å². The van der Waals surface area contributed by atoms with E-state index in [0.717, 1.165) is 11.4 Å². The number of nitrogens with one attached hydrogen (secondary N) is 1. The van der Waals surface area contributed by atoms with Crippen molar-refractivity contribution in [1.29, 1.82) is 0 Å². The molecule has 1 aliphatic carbocycles. The molecule has 0 saturated heterocycles. The fourth-order valence-corrected chi connectivity index (χ4v) is 3.41. The molecule has 100 valence electrons. The number of nitrogens with two attached hydrogens (primary N) is 1. The number of hydrazine groups is 1. The molecule has 1 fully saturated rings. The summed E-state index contributed by atoms with van der Waals surface area (Å²) < 4.78 is 0. The number of pyridine rings is 1. The first-order valence-corrected chi connectivity index (χ1v) is 7.09. The van der Waals surface area contributed by atoms with Gasteiger partial charge in [-0.15, -0.1) is 0 Å². The first kappa shape index (κ1) is 12.6. The van der Waals surface area contributed by atoms with Crippen molar-refractivity contribution in [2.45, 2.75) is 32.2 Å². The summed E-state index contributed by atoms with van der Waals surface area (Å²) in [5.74, 6) is 7.27. The highest BCUT2D eigenvalue weighted by Crippen LogP contribution is 2.39. The zero-order chi connectivity index (χ0) is 13.2. The highest BCUT2D eigenvalue weighted by Gasteiger charge is 2.30. The van der Waals surface area contributed by atoms with Crippen molar-refractivity contribution in [3.63, 3.8) is 0 Å². The van der Waals surface area contributed by atoms with E-state index in [1.54, 1.807) is 0 Å². The molecule has 2 aromatic rings. The van der Waals surface area contributed by atoms with E-state index in [1.165, 1.54) is 30.2 Å². The zero-order valence-corrected chi connectivity index (χ0v) is 11.3. The summed E-state index contributed by atoms with van der Waals surface area (Å²) in [6.07, 6.45) is 5.66. The highest BCUT2D eigenvalue weighted by molar-refractivity contribution is 5.82. The van der Waals surface area contributed by atoms with E-state index in [2.05, 4.69) is 41.6 Å². The SMILES string of the molecule is CC1CCC(C(NN)c2cccc3cccnc23)C1. The topological polar surface area (TPSA) is 50.9 Å². The van der Waals surface area contributed by atoms with Gasteiger partial charge in [-0.2, -0.15) is 0 Å². The molecule has 0 bridgehead atoms. The van der Waals surface area contributed by atoms with Gasteiger partial charge in [0.25, 0.3) is 0 Å². The third kappa shape index (κ3) is 2.36. The Hall–Kier alpha value is -1.45. The van der Waals surface area contributed by atoms with Crippen molar-refractivity contribution in [3.05, 3.63) is 42.1 Å². The van der Waals surface area contributed by atoms with Gasteiger partial charge in [0.2, 0.25) is 0 Å². The lowest BCUT2D eigenvalue weighted by molar-refractivity contribution is 0.365. The van der Waals surface area contributed by atoms with E-state index in [4.69, 9.17) is 5.84 Å². The predicted octanol–water partition coefficient (Wildman–Crippen LogP) is 3.18. The normalized spacial score (nSPS) is 24.7. The van der Waals surface area contributed by atoms with Crippen LogP contribution in [0.2, 0.25) is 0 Å². The van der Waals surface area contributed by atoms with Crippen molar-refractivity contribution < 1.29 is 0 Å². The van der Waals surface area contributed by atoms with Crippen LogP contribution in [0.4, 0.5) is 0 Å². The van der Waals surface area contributed by atoms with Crippen LogP contribution in [0, 0.1) is 11.8 Å². The van der Waals surface area contributed by atoms with Crippen LogP contribution in [0.3, 0.4) is 0 Å². The molecule has 3 heteroatoms. The Morgan fingerprint density at radius 3 is 2.84 bits per heavy atom. The van der Waals surface area contributed by atoms with Crippen LogP contribution in [0.15, 0.2) is 36.5 Å². The number of fused-ring (bicyclic) bond motifs is 1. The van der Waals surface area contributed by atoms with Crippen molar-refractivity contribution in [2.75, 3.05) is 0 Å². The maximum Gasteiger partial charge on any atom is 0.0750 e. The van der Waals surface area contributed by atoms with Crippen LogP contribution in [0.5, 0.6) is 0 Å². The fourth-order valence-electron chi connectivity index (χ4n) is 3.41. The minimum absolute atomic E-state index is 0.212. The lowest BCUT2D eigenvalue weighted by Crippen LogP contribution is -2.33. The average molecular weight is 255 g/mol. The largest absolute Gasteiger partial charge is 0.271 e. The van der Waals surface area contributed by atoms with Crippen molar-refractivity contribution in [1.82, 2.24) is 10.4 Å². The third-order valence-electron chi connectivity index (χ3n) is 4.39.